The predicted molar refractivity (Wildman–Crippen MR) is 118 cm³/mol. The van der Waals surface area contributed by atoms with Crippen LogP contribution in [-0.2, 0) is 11.2 Å². The molecule has 2 N–H and O–H groups in total. The largest absolute Gasteiger partial charge is 0.494 e. The summed E-state index contributed by atoms with van der Waals surface area (Å²) in [6.07, 6.45) is 7.33. The van der Waals surface area contributed by atoms with Crippen LogP contribution in [0.3, 0.4) is 0 Å². The molecule has 1 aliphatic carbocycles. The van der Waals surface area contributed by atoms with Crippen molar-refractivity contribution in [3.05, 3.63) is 60.2 Å². The van der Waals surface area contributed by atoms with Gasteiger partial charge >= 0.3 is 0 Å². The van der Waals surface area contributed by atoms with Gasteiger partial charge in [-0.05, 0) is 73.6 Å². The second-order valence-electron chi connectivity index (χ2n) is 7.32. The summed E-state index contributed by atoms with van der Waals surface area (Å²) in [5.41, 5.74) is 2.16. The Morgan fingerprint density at radius 3 is 2.46 bits per heavy atom. The summed E-state index contributed by atoms with van der Waals surface area (Å²) in [5.74, 6) is 1.35. The molecule has 2 aromatic rings. The monoisotopic (exact) mass is 396 g/mol. The molecular formula is C23H28N2O2S. The molecule has 1 amide bonds. The van der Waals surface area contributed by atoms with Gasteiger partial charge in [-0.2, -0.15) is 0 Å². The zero-order valence-electron chi connectivity index (χ0n) is 16.2. The van der Waals surface area contributed by atoms with Crippen molar-refractivity contribution in [2.45, 2.75) is 44.9 Å². The van der Waals surface area contributed by atoms with Gasteiger partial charge in [-0.1, -0.05) is 43.2 Å². The minimum Gasteiger partial charge on any atom is -0.494 e. The summed E-state index contributed by atoms with van der Waals surface area (Å²) in [6, 6.07) is 18.0. The molecule has 0 unspecified atom stereocenters. The Morgan fingerprint density at radius 2 is 1.75 bits per heavy atom. The molecule has 0 atom stereocenters. The average Bonchev–Trinajstić information content (AvgIpc) is 3.20. The molecule has 0 aliphatic heterocycles. The van der Waals surface area contributed by atoms with E-state index in [1.165, 1.54) is 18.4 Å². The van der Waals surface area contributed by atoms with E-state index in [9.17, 15) is 4.79 Å². The van der Waals surface area contributed by atoms with Crippen LogP contribution in [0, 0.1) is 5.92 Å². The number of carbonyl (C=O) groups is 1. The quantitative estimate of drug-likeness (QED) is 0.482. The lowest BCUT2D eigenvalue weighted by atomic mass is 10.0. The summed E-state index contributed by atoms with van der Waals surface area (Å²) in [6.45, 7) is 0.678. The van der Waals surface area contributed by atoms with Crippen molar-refractivity contribution in [1.82, 2.24) is 5.32 Å². The number of carbonyl (C=O) groups excluding carboxylic acids is 1. The molecule has 3 rings (SSSR count). The van der Waals surface area contributed by atoms with Crippen molar-refractivity contribution in [1.29, 1.82) is 0 Å². The lowest BCUT2D eigenvalue weighted by molar-refractivity contribution is -0.120. The van der Waals surface area contributed by atoms with Gasteiger partial charge in [0.2, 0.25) is 5.91 Å². The molecule has 148 valence electrons. The zero-order chi connectivity index (χ0) is 19.6. The molecule has 0 spiro atoms. The van der Waals surface area contributed by atoms with Crippen molar-refractivity contribution in [3.8, 4) is 5.75 Å². The number of nitrogens with one attached hydrogen (secondary N) is 2. The number of hydrogen-bond acceptors (Lipinski definition) is 3. The van der Waals surface area contributed by atoms with Gasteiger partial charge in [0.05, 0.1) is 6.61 Å². The third-order valence-corrected chi connectivity index (χ3v) is 5.24. The third-order valence-electron chi connectivity index (χ3n) is 5.04. The normalized spacial score (nSPS) is 13.9. The summed E-state index contributed by atoms with van der Waals surface area (Å²) in [7, 11) is 0. The van der Waals surface area contributed by atoms with Gasteiger partial charge < -0.3 is 15.4 Å². The Kier molecular flexibility index (Phi) is 7.85. The van der Waals surface area contributed by atoms with E-state index in [4.69, 9.17) is 17.0 Å². The fraction of sp³-hybridized carbons (Fsp3) is 0.391. The highest BCUT2D eigenvalue weighted by Crippen LogP contribution is 2.27. The first-order valence-electron chi connectivity index (χ1n) is 10.1. The van der Waals surface area contributed by atoms with Gasteiger partial charge in [0.15, 0.2) is 5.11 Å². The fourth-order valence-electron chi connectivity index (χ4n) is 3.56. The summed E-state index contributed by atoms with van der Waals surface area (Å²) in [4.78, 5) is 12.0. The molecule has 0 aromatic heterocycles. The maximum atomic E-state index is 12.0. The van der Waals surface area contributed by atoms with Crippen LogP contribution in [0.25, 0.3) is 0 Å². The SMILES string of the molecule is O=C(CC1CCCC1)NC(=S)Nc1ccc(OCCCc2ccccc2)cc1. The topological polar surface area (TPSA) is 50.4 Å². The van der Waals surface area contributed by atoms with Gasteiger partial charge in [-0.3, -0.25) is 4.79 Å². The summed E-state index contributed by atoms with van der Waals surface area (Å²) in [5, 5.41) is 6.18. The standard InChI is InChI=1S/C23H28N2O2S/c26-22(17-19-9-4-5-10-19)25-23(28)24-20-12-14-21(15-13-20)27-16-6-11-18-7-2-1-3-8-18/h1-3,7-8,12-15,19H,4-6,9-11,16-17H2,(H2,24,25,26,28). The van der Waals surface area contributed by atoms with Crippen LogP contribution in [0.1, 0.15) is 44.1 Å². The maximum absolute atomic E-state index is 12.0. The first-order chi connectivity index (χ1) is 13.7. The molecule has 5 heteroatoms. The van der Waals surface area contributed by atoms with Crippen LogP contribution in [0.2, 0.25) is 0 Å². The van der Waals surface area contributed by atoms with Crippen LogP contribution in [0.5, 0.6) is 5.75 Å². The number of rotatable bonds is 8. The second kappa shape index (κ2) is 10.8. The van der Waals surface area contributed by atoms with E-state index >= 15 is 0 Å². The maximum Gasteiger partial charge on any atom is 0.226 e. The van der Waals surface area contributed by atoms with E-state index in [1.54, 1.807) is 0 Å². The summed E-state index contributed by atoms with van der Waals surface area (Å²) >= 11 is 5.24. The van der Waals surface area contributed by atoms with Crippen LogP contribution in [0.4, 0.5) is 5.69 Å². The number of benzene rings is 2. The minimum absolute atomic E-state index is 0.00256. The molecule has 2 aromatic carbocycles. The fourth-order valence-corrected chi connectivity index (χ4v) is 3.79. The van der Waals surface area contributed by atoms with E-state index in [0.29, 0.717) is 24.1 Å². The van der Waals surface area contributed by atoms with Crippen molar-refractivity contribution in [2.24, 2.45) is 5.92 Å². The van der Waals surface area contributed by atoms with Gasteiger partial charge in [0, 0.05) is 12.1 Å². The van der Waals surface area contributed by atoms with Crippen LogP contribution < -0.4 is 15.4 Å². The van der Waals surface area contributed by atoms with E-state index in [0.717, 1.165) is 37.1 Å². The first-order valence-corrected chi connectivity index (χ1v) is 10.5. The number of aryl methyl sites for hydroxylation is 1. The molecule has 1 fully saturated rings. The lowest BCUT2D eigenvalue weighted by Crippen LogP contribution is -2.34. The van der Waals surface area contributed by atoms with Crippen LogP contribution in [-0.4, -0.2) is 17.6 Å². The van der Waals surface area contributed by atoms with Gasteiger partial charge in [0.1, 0.15) is 5.75 Å². The molecule has 0 bridgehead atoms. The average molecular weight is 397 g/mol. The molecule has 0 saturated heterocycles. The predicted octanol–water partition coefficient (Wildman–Crippen LogP) is 5.09. The first kappa shape index (κ1) is 20.3. The molecule has 1 aliphatic rings. The Hall–Kier alpha value is -2.40. The molecule has 0 heterocycles. The van der Waals surface area contributed by atoms with E-state index in [2.05, 4.69) is 34.9 Å². The molecule has 28 heavy (non-hydrogen) atoms. The van der Waals surface area contributed by atoms with Crippen molar-refractivity contribution < 1.29 is 9.53 Å². The smallest absolute Gasteiger partial charge is 0.226 e. The van der Waals surface area contributed by atoms with Crippen molar-refractivity contribution >= 4 is 28.9 Å². The van der Waals surface area contributed by atoms with Crippen LogP contribution >= 0.6 is 12.2 Å². The number of hydrogen-bond donors (Lipinski definition) is 2. The number of ether oxygens (including phenoxy) is 1. The van der Waals surface area contributed by atoms with Crippen LogP contribution in [0.15, 0.2) is 54.6 Å². The molecule has 0 radical (unpaired) electrons. The Labute approximate surface area is 172 Å². The molecule has 4 nitrogen and oxygen atoms in total. The Morgan fingerprint density at radius 1 is 1.04 bits per heavy atom. The van der Waals surface area contributed by atoms with Crippen molar-refractivity contribution in [2.75, 3.05) is 11.9 Å². The zero-order valence-corrected chi connectivity index (χ0v) is 17.0. The minimum atomic E-state index is 0.00256. The molecular weight excluding hydrogens is 368 g/mol. The highest BCUT2D eigenvalue weighted by atomic mass is 32.1. The number of thiocarbonyl (C=S) groups is 1. The lowest BCUT2D eigenvalue weighted by Gasteiger charge is -2.12. The second-order valence-corrected chi connectivity index (χ2v) is 7.73. The van der Waals surface area contributed by atoms with Gasteiger partial charge in [-0.25, -0.2) is 0 Å². The Bertz CT molecular complexity index is 756. The van der Waals surface area contributed by atoms with Gasteiger partial charge in [0.25, 0.3) is 0 Å². The highest BCUT2D eigenvalue weighted by Gasteiger charge is 2.18. The van der Waals surface area contributed by atoms with E-state index in [-0.39, 0.29) is 5.91 Å². The third kappa shape index (κ3) is 6.97. The van der Waals surface area contributed by atoms with Gasteiger partial charge in [-0.15, -0.1) is 0 Å². The van der Waals surface area contributed by atoms with E-state index in [1.807, 2.05) is 30.3 Å². The highest BCUT2D eigenvalue weighted by molar-refractivity contribution is 7.80. The Balaban J connectivity index is 1.35. The van der Waals surface area contributed by atoms with E-state index < -0.39 is 0 Å². The number of amides is 1. The number of anilines is 1. The summed E-state index contributed by atoms with van der Waals surface area (Å²) < 4.78 is 5.80. The van der Waals surface area contributed by atoms with Crippen molar-refractivity contribution in [3.63, 3.8) is 0 Å². The molecule has 1 saturated carbocycles.